The number of rotatable bonds is 1. The molecule has 0 atom stereocenters. The summed E-state index contributed by atoms with van der Waals surface area (Å²) in [6.45, 7) is 0.454. The van der Waals surface area contributed by atoms with E-state index in [-0.39, 0.29) is 5.69 Å². The number of amides is 1. The molecule has 1 aromatic heterocycles. The Morgan fingerprint density at radius 1 is 1.29 bits per heavy atom. The molecule has 0 unspecified atom stereocenters. The molecule has 1 aromatic carbocycles. The van der Waals surface area contributed by atoms with E-state index in [1.54, 1.807) is 12.1 Å². The van der Waals surface area contributed by atoms with Crippen LogP contribution in [0.1, 0.15) is 21.7 Å². The van der Waals surface area contributed by atoms with E-state index < -0.39 is 17.8 Å². The number of anilines is 1. The number of para-hydroxylation sites is 1. The summed E-state index contributed by atoms with van der Waals surface area (Å²) in [5.74, 6) is -0.508. The molecule has 0 radical (unpaired) electrons. The van der Waals surface area contributed by atoms with Gasteiger partial charge in [0.1, 0.15) is 5.69 Å². The molecule has 110 valence electrons. The van der Waals surface area contributed by atoms with E-state index >= 15 is 0 Å². The quantitative estimate of drug-likeness (QED) is 0.811. The number of nitrogens with zero attached hydrogens (tertiary/aromatic N) is 3. The Bertz CT molecular complexity index is 706. The Balaban J connectivity index is 1.94. The van der Waals surface area contributed by atoms with Crippen LogP contribution in [0.3, 0.4) is 0 Å². The summed E-state index contributed by atoms with van der Waals surface area (Å²) in [7, 11) is 1.18. The predicted molar refractivity (Wildman–Crippen MR) is 70.0 cm³/mol. The first kappa shape index (κ1) is 13.7. The molecule has 7 heteroatoms. The molecule has 0 spiro atoms. The normalized spacial score (nSPS) is 14.4. The minimum atomic E-state index is -4.52. The second-order valence-corrected chi connectivity index (χ2v) is 4.87. The summed E-state index contributed by atoms with van der Waals surface area (Å²) in [6, 6.07) is 8.15. The number of aryl methyl sites for hydroxylation is 1. The molecule has 4 nitrogen and oxygen atoms in total. The predicted octanol–water partition coefficient (Wildman–Crippen LogP) is 2.64. The Kier molecular flexibility index (Phi) is 3.00. The van der Waals surface area contributed by atoms with Crippen LogP contribution in [0.4, 0.5) is 18.9 Å². The zero-order valence-electron chi connectivity index (χ0n) is 11.2. The molecule has 3 rings (SSSR count). The van der Waals surface area contributed by atoms with Gasteiger partial charge in [0.15, 0.2) is 5.69 Å². The minimum absolute atomic E-state index is 0.193. The summed E-state index contributed by atoms with van der Waals surface area (Å²) in [5, 5.41) is 3.70. The molecule has 1 amide bonds. The molecular weight excluding hydrogens is 283 g/mol. The second kappa shape index (κ2) is 4.61. The Morgan fingerprint density at radius 2 is 2.00 bits per heavy atom. The minimum Gasteiger partial charge on any atom is -0.306 e. The molecule has 0 N–H and O–H groups in total. The van der Waals surface area contributed by atoms with Crippen LogP contribution in [0, 0.1) is 0 Å². The largest absolute Gasteiger partial charge is 0.433 e. The lowest BCUT2D eigenvalue weighted by Gasteiger charge is -2.15. The van der Waals surface area contributed by atoms with Crippen molar-refractivity contribution in [3.8, 4) is 0 Å². The van der Waals surface area contributed by atoms with Crippen LogP contribution in [0.5, 0.6) is 0 Å². The second-order valence-electron chi connectivity index (χ2n) is 4.87. The summed E-state index contributed by atoms with van der Waals surface area (Å²) in [5.41, 5.74) is 0.624. The molecule has 1 aliphatic rings. The third-order valence-electron chi connectivity index (χ3n) is 3.52. The van der Waals surface area contributed by atoms with Gasteiger partial charge in [-0.2, -0.15) is 18.3 Å². The van der Waals surface area contributed by atoms with Crippen LogP contribution in [0.2, 0.25) is 0 Å². The molecule has 0 fully saturated rings. The van der Waals surface area contributed by atoms with Crippen LogP contribution in [0.25, 0.3) is 0 Å². The summed E-state index contributed by atoms with van der Waals surface area (Å²) in [6.07, 6.45) is -3.83. The number of hydrogen-bond acceptors (Lipinski definition) is 2. The topological polar surface area (TPSA) is 38.1 Å². The monoisotopic (exact) mass is 295 g/mol. The van der Waals surface area contributed by atoms with E-state index in [9.17, 15) is 18.0 Å². The first-order valence-electron chi connectivity index (χ1n) is 6.39. The van der Waals surface area contributed by atoms with Crippen LogP contribution < -0.4 is 4.90 Å². The van der Waals surface area contributed by atoms with Crippen LogP contribution in [-0.2, 0) is 19.6 Å². The fraction of sp³-hybridized carbons (Fsp3) is 0.286. The van der Waals surface area contributed by atoms with Crippen molar-refractivity contribution in [2.24, 2.45) is 7.05 Å². The number of fused-ring (bicyclic) bond motifs is 1. The number of hydrogen-bond donors (Lipinski definition) is 0. The summed E-state index contributed by atoms with van der Waals surface area (Å²) < 4.78 is 39.0. The van der Waals surface area contributed by atoms with E-state index in [0.29, 0.717) is 17.6 Å². The zero-order chi connectivity index (χ0) is 15.2. The highest BCUT2D eigenvalue weighted by atomic mass is 19.4. The van der Waals surface area contributed by atoms with Crippen molar-refractivity contribution < 1.29 is 18.0 Å². The van der Waals surface area contributed by atoms with Gasteiger partial charge in [0, 0.05) is 25.3 Å². The molecule has 2 aromatic rings. The first-order chi connectivity index (χ1) is 9.88. The lowest BCUT2D eigenvalue weighted by Crippen LogP contribution is -2.29. The Morgan fingerprint density at radius 3 is 2.67 bits per heavy atom. The van der Waals surface area contributed by atoms with Crippen molar-refractivity contribution in [2.45, 2.75) is 12.6 Å². The van der Waals surface area contributed by atoms with Crippen molar-refractivity contribution in [1.82, 2.24) is 9.78 Å². The van der Waals surface area contributed by atoms with Crippen molar-refractivity contribution in [2.75, 3.05) is 11.4 Å². The van der Waals surface area contributed by atoms with Crippen LogP contribution in [-0.4, -0.2) is 22.2 Å². The van der Waals surface area contributed by atoms with Crippen molar-refractivity contribution in [3.63, 3.8) is 0 Å². The highest BCUT2D eigenvalue weighted by molar-refractivity contribution is 6.06. The summed E-state index contributed by atoms with van der Waals surface area (Å²) in [4.78, 5) is 13.9. The number of aromatic nitrogens is 2. The first-order valence-corrected chi connectivity index (χ1v) is 6.39. The van der Waals surface area contributed by atoms with E-state index in [1.807, 2.05) is 12.1 Å². The Labute approximate surface area is 118 Å². The van der Waals surface area contributed by atoms with Gasteiger partial charge in [0.2, 0.25) is 0 Å². The number of halogens is 3. The number of carbonyl (C=O) groups is 1. The Hall–Kier alpha value is -2.31. The number of benzene rings is 1. The third kappa shape index (κ3) is 2.28. The van der Waals surface area contributed by atoms with E-state index in [0.717, 1.165) is 17.3 Å². The number of alkyl halides is 3. The van der Waals surface area contributed by atoms with Gasteiger partial charge in [-0.3, -0.25) is 9.48 Å². The highest BCUT2D eigenvalue weighted by Gasteiger charge is 2.37. The average molecular weight is 295 g/mol. The molecule has 2 heterocycles. The maximum Gasteiger partial charge on any atom is 0.433 e. The lowest BCUT2D eigenvalue weighted by atomic mass is 10.2. The molecule has 21 heavy (non-hydrogen) atoms. The molecule has 0 saturated carbocycles. The van der Waals surface area contributed by atoms with Crippen LogP contribution in [0.15, 0.2) is 30.3 Å². The third-order valence-corrected chi connectivity index (χ3v) is 3.52. The van der Waals surface area contributed by atoms with Gasteiger partial charge < -0.3 is 4.90 Å². The standard InChI is InChI=1S/C14H12F3N3O/c1-19-12(14(15,16)17)8-10(18-19)13(21)20-7-6-9-4-2-3-5-11(9)20/h2-5,8H,6-7H2,1H3. The highest BCUT2D eigenvalue weighted by Crippen LogP contribution is 2.31. The van der Waals surface area contributed by atoms with Crippen LogP contribution >= 0.6 is 0 Å². The maximum absolute atomic E-state index is 12.8. The average Bonchev–Trinajstić information content (AvgIpc) is 3.01. The van der Waals surface area contributed by atoms with E-state index in [4.69, 9.17) is 0 Å². The van der Waals surface area contributed by atoms with Gasteiger partial charge in [0.05, 0.1) is 0 Å². The van der Waals surface area contributed by atoms with E-state index in [1.165, 1.54) is 11.9 Å². The van der Waals surface area contributed by atoms with Gasteiger partial charge in [-0.05, 0) is 18.1 Å². The summed E-state index contributed by atoms with van der Waals surface area (Å²) >= 11 is 0. The molecule has 0 bridgehead atoms. The van der Waals surface area contributed by atoms with Crippen molar-refractivity contribution in [1.29, 1.82) is 0 Å². The number of carbonyl (C=O) groups excluding carboxylic acids is 1. The maximum atomic E-state index is 12.8. The SMILES string of the molecule is Cn1nc(C(=O)N2CCc3ccccc32)cc1C(F)(F)F. The van der Waals surface area contributed by atoms with Gasteiger partial charge in [-0.25, -0.2) is 0 Å². The van der Waals surface area contributed by atoms with Gasteiger partial charge in [-0.1, -0.05) is 18.2 Å². The van der Waals surface area contributed by atoms with E-state index in [2.05, 4.69) is 5.10 Å². The molecule has 0 aliphatic carbocycles. The lowest BCUT2D eigenvalue weighted by molar-refractivity contribution is -0.143. The van der Waals surface area contributed by atoms with Crippen molar-refractivity contribution in [3.05, 3.63) is 47.3 Å². The van der Waals surface area contributed by atoms with Gasteiger partial charge in [-0.15, -0.1) is 0 Å². The smallest absolute Gasteiger partial charge is 0.306 e. The zero-order valence-corrected chi connectivity index (χ0v) is 11.2. The van der Waals surface area contributed by atoms with Gasteiger partial charge >= 0.3 is 6.18 Å². The molecular formula is C14H12F3N3O. The van der Waals surface area contributed by atoms with Gasteiger partial charge in [0.25, 0.3) is 5.91 Å². The fourth-order valence-corrected chi connectivity index (χ4v) is 2.52. The van der Waals surface area contributed by atoms with Crippen molar-refractivity contribution >= 4 is 11.6 Å². The molecule has 1 aliphatic heterocycles. The molecule has 0 saturated heterocycles. The fourth-order valence-electron chi connectivity index (χ4n) is 2.52.